The Morgan fingerprint density at radius 3 is 2.73 bits per heavy atom. The molecular weight excluding hydrogens is 214 g/mol. The van der Waals surface area contributed by atoms with Gasteiger partial charge in [0.2, 0.25) is 0 Å². The summed E-state index contributed by atoms with van der Waals surface area (Å²) in [5, 5.41) is 21.8. The molecule has 0 atom stereocenters. The second kappa shape index (κ2) is 6.67. The second-order valence-corrected chi connectivity index (χ2v) is 3.75. The van der Waals surface area contributed by atoms with E-state index in [2.05, 4.69) is 5.32 Å². The molecule has 4 heteroatoms. The third kappa shape index (κ3) is 4.08. The molecule has 0 aliphatic rings. The van der Waals surface area contributed by atoms with Gasteiger partial charge in [0.05, 0.1) is 0 Å². The minimum absolute atomic E-state index is 0.220. The molecule has 0 aromatic heterocycles. The monoisotopic (exact) mass is 229 g/mol. The zero-order valence-corrected chi connectivity index (χ0v) is 9.30. The fraction of sp³-hybridized carbons (Fsp3) is 0.455. The Bertz CT molecular complexity index is 284. The molecule has 3 N–H and O–H groups in total. The van der Waals surface area contributed by atoms with Crippen molar-refractivity contribution in [2.75, 3.05) is 13.2 Å². The minimum Gasteiger partial charge on any atom is -0.508 e. The highest BCUT2D eigenvalue weighted by Gasteiger charge is 2.04. The van der Waals surface area contributed by atoms with Crippen molar-refractivity contribution < 1.29 is 10.2 Å². The maximum absolute atomic E-state index is 9.53. The third-order valence-corrected chi connectivity index (χ3v) is 2.51. The van der Waals surface area contributed by atoms with Crippen LogP contribution in [0.5, 0.6) is 5.75 Å². The molecule has 0 aliphatic heterocycles. The predicted molar refractivity (Wildman–Crippen MR) is 61.1 cm³/mol. The topological polar surface area (TPSA) is 52.5 Å². The quantitative estimate of drug-likeness (QED) is 0.654. The molecule has 0 radical (unpaired) electrons. The number of unbranched alkanes of at least 4 members (excludes halogenated alkanes) is 1. The minimum atomic E-state index is 0.220. The lowest BCUT2D eigenvalue weighted by molar-refractivity contribution is 0.283. The summed E-state index contributed by atoms with van der Waals surface area (Å²) in [5.74, 6) is 0.220. The molecule has 1 rings (SSSR count). The van der Waals surface area contributed by atoms with Gasteiger partial charge in [-0.15, -0.1) is 0 Å². The molecule has 1 aromatic carbocycles. The number of phenolic OH excluding ortho intramolecular Hbond substituents is 1. The number of aliphatic hydroxyl groups excluding tert-OH is 1. The summed E-state index contributed by atoms with van der Waals surface area (Å²) in [4.78, 5) is 0. The van der Waals surface area contributed by atoms with Gasteiger partial charge in [0, 0.05) is 23.7 Å². The van der Waals surface area contributed by atoms with E-state index in [-0.39, 0.29) is 12.4 Å². The molecule has 15 heavy (non-hydrogen) atoms. The molecule has 1 aromatic rings. The molecule has 0 unspecified atom stereocenters. The maximum Gasteiger partial charge on any atom is 0.121 e. The van der Waals surface area contributed by atoms with E-state index in [1.807, 2.05) is 0 Å². The van der Waals surface area contributed by atoms with Crippen molar-refractivity contribution in [2.45, 2.75) is 19.4 Å². The van der Waals surface area contributed by atoms with E-state index < -0.39 is 0 Å². The van der Waals surface area contributed by atoms with Crippen molar-refractivity contribution in [1.29, 1.82) is 0 Å². The Balaban J connectivity index is 2.37. The number of halogens is 1. The average molecular weight is 230 g/mol. The second-order valence-electron chi connectivity index (χ2n) is 3.35. The van der Waals surface area contributed by atoms with Crippen LogP contribution in [0.2, 0.25) is 5.02 Å². The van der Waals surface area contributed by atoms with Crippen molar-refractivity contribution in [3.8, 4) is 5.75 Å². The van der Waals surface area contributed by atoms with E-state index in [0.29, 0.717) is 11.6 Å². The number of rotatable bonds is 6. The lowest BCUT2D eigenvalue weighted by Crippen LogP contribution is -2.15. The standard InChI is InChI=1S/C11H16ClNO2/c12-10-4-3-5-11(15)9(10)8-13-6-1-2-7-14/h3-5,13-15H,1-2,6-8H2. The Morgan fingerprint density at radius 2 is 2.07 bits per heavy atom. The van der Waals surface area contributed by atoms with Crippen molar-refractivity contribution >= 4 is 11.6 Å². The van der Waals surface area contributed by atoms with E-state index in [1.165, 1.54) is 0 Å². The van der Waals surface area contributed by atoms with Crippen LogP contribution >= 0.6 is 11.6 Å². The normalized spacial score (nSPS) is 10.5. The lowest BCUT2D eigenvalue weighted by Gasteiger charge is -2.08. The largest absolute Gasteiger partial charge is 0.508 e. The summed E-state index contributed by atoms with van der Waals surface area (Å²) in [6, 6.07) is 5.09. The fourth-order valence-electron chi connectivity index (χ4n) is 1.30. The molecule has 3 nitrogen and oxygen atoms in total. The molecule has 0 saturated carbocycles. The Hall–Kier alpha value is -0.770. The molecule has 0 aliphatic carbocycles. The van der Waals surface area contributed by atoms with E-state index >= 15 is 0 Å². The van der Waals surface area contributed by atoms with Gasteiger partial charge in [-0.25, -0.2) is 0 Å². The van der Waals surface area contributed by atoms with Gasteiger partial charge in [-0.1, -0.05) is 17.7 Å². The van der Waals surface area contributed by atoms with Gasteiger partial charge in [-0.05, 0) is 31.5 Å². The lowest BCUT2D eigenvalue weighted by atomic mass is 10.2. The first kappa shape index (κ1) is 12.3. The zero-order valence-electron chi connectivity index (χ0n) is 8.54. The maximum atomic E-state index is 9.53. The molecule has 0 saturated heterocycles. The number of aliphatic hydroxyl groups is 1. The van der Waals surface area contributed by atoms with Crippen LogP contribution in [0, 0.1) is 0 Å². The fourth-order valence-corrected chi connectivity index (χ4v) is 1.53. The average Bonchev–Trinajstić information content (AvgIpc) is 2.21. The van der Waals surface area contributed by atoms with Crippen LogP contribution in [-0.4, -0.2) is 23.4 Å². The van der Waals surface area contributed by atoms with Crippen LogP contribution in [-0.2, 0) is 6.54 Å². The van der Waals surface area contributed by atoms with Crippen molar-refractivity contribution in [3.05, 3.63) is 28.8 Å². The molecule has 0 spiro atoms. The van der Waals surface area contributed by atoms with E-state index in [9.17, 15) is 5.11 Å². The zero-order chi connectivity index (χ0) is 11.1. The number of aromatic hydroxyl groups is 1. The molecule has 0 bridgehead atoms. The first-order valence-electron chi connectivity index (χ1n) is 5.03. The van der Waals surface area contributed by atoms with Crippen LogP contribution in [0.15, 0.2) is 18.2 Å². The Kier molecular flexibility index (Phi) is 5.47. The molecular formula is C11H16ClNO2. The molecule has 0 amide bonds. The van der Waals surface area contributed by atoms with Gasteiger partial charge in [0.25, 0.3) is 0 Å². The van der Waals surface area contributed by atoms with E-state index in [0.717, 1.165) is 24.9 Å². The molecule has 0 fully saturated rings. The predicted octanol–water partition coefficient (Wildman–Crippen LogP) is 1.91. The summed E-state index contributed by atoms with van der Waals surface area (Å²) in [5.41, 5.74) is 0.725. The number of hydrogen-bond donors (Lipinski definition) is 3. The Labute approximate surface area is 94.7 Å². The summed E-state index contributed by atoms with van der Waals surface area (Å²) in [7, 11) is 0. The van der Waals surface area contributed by atoms with Gasteiger partial charge >= 0.3 is 0 Å². The van der Waals surface area contributed by atoms with Gasteiger partial charge in [0.1, 0.15) is 5.75 Å². The van der Waals surface area contributed by atoms with Gasteiger partial charge in [-0.3, -0.25) is 0 Å². The number of hydrogen-bond acceptors (Lipinski definition) is 3. The Morgan fingerprint density at radius 1 is 1.27 bits per heavy atom. The first-order chi connectivity index (χ1) is 7.25. The number of nitrogens with one attached hydrogen (secondary N) is 1. The SMILES string of the molecule is OCCCCNCc1c(O)cccc1Cl. The highest BCUT2D eigenvalue weighted by molar-refractivity contribution is 6.31. The van der Waals surface area contributed by atoms with Gasteiger partial charge < -0.3 is 15.5 Å². The summed E-state index contributed by atoms with van der Waals surface area (Å²) < 4.78 is 0. The summed E-state index contributed by atoms with van der Waals surface area (Å²) >= 11 is 5.93. The third-order valence-electron chi connectivity index (χ3n) is 2.16. The van der Waals surface area contributed by atoms with E-state index in [1.54, 1.807) is 18.2 Å². The first-order valence-corrected chi connectivity index (χ1v) is 5.41. The van der Waals surface area contributed by atoms with Crippen LogP contribution in [0.25, 0.3) is 0 Å². The van der Waals surface area contributed by atoms with Gasteiger partial charge in [-0.2, -0.15) is 0 Å². The van der Waals surface area contributed by atoms with Crippen LogP contribution < -0.4 is 5.32 Å². The van der Waals surface area contributed by atoms with Crippen LogP contribution in [0.1, 0.15) is 18.4 Å². The van der Waals surface area contributed by atoms with Crippen LogP contribution in [0.4, 0.5) is 0 Å². The highest BCUT2D eigenvalue weighted by atomic mass is 35.5. The summed E-state index contributed by atoms with van der Waals surface area (Å²) in [6.45, 7) is 1.58. The van der Waals surface area contributed by atoms with Gasteiger partial charge in [0.15, 0.2) is 0 Å². The number of benzene rings is 1. The van der Waals surface area contributed by atoms with Crippen molar-refractivity contribution in [2.24, 2.45) is 0 Å². The van der Waals surface area contributed by atoms with E-state index in [4.69, 9.17) is 16.7 Å². The molecule has 0 heterocycles. The van der Waals surface area contributed by atoms with Crippen molar-refractivity contribution in [1.82, 2.24) is 5.32 Å². The van der Waals surface area contributed by atoms with Crippen molar-refractivity contribution in [3.63, 3.8) is 0 Å². The number of phenols is 1. The summed E-state index contributed by atoms with van der Waals surface area (Å²) in [6.07, 6.45) is 1.71. The smallest absolute Gasteiger partial charge is 0.121 e. The van der Waals surface area contributed by atoms with Crippen LogP contribution in [0.3, 0.4) is 0 Å². The highest BCUT2D eigenvalue weighted by Crippen LogP contribution is 2.24. The molecule has 84 valence electrons.